The average Bonchev–Trinajstić information content (AvgIpc) is 2.67. The molecule has 0 aliphatic carbocycles. The van der Waals surface area contributed by atoms with Crippen molar-refractivity contribution >= 4 is 5.57 Å². The first-order valence-electron chi connectivity index (χ1n) is 4.77. The molecule has 1 aromatic heterocycles. The summed E-state index contributed by atoms with van der Waals surface area (Å²) in [7, 11) is 0. The molecule has 0 radical (unpaired) electrons. The zero-order chi connectivity index (χ0) is 10.4. The highest BCUT2D eigenvalue weighted by atomic mass is 15.1. The van der Waals surface area contributed by atoms with E-state index in [1.165, 1.54) is 5.57 Å². The number of allylic oxidation sites excluding steroid dienone is 5. The van der Waals surface area contributed by atoms with Crippen molar-refractivity contribution < 1.29 is 0 Å². The Balaban J connectivity index is 2.62. The van der Waals surface area contributed by atoms with Gasteiger partial charge >= 0.3 is 0 Å². The number of H-pyrrole nitrogens is 1. The van der Waals surface area contributed by atoms with Crippen LogP contribution in [0.5, 0.6) is 0 Å². The Kier molecular flexibility index (Phi) is 3.92. The van der Waals surface area contributed by atoms with Crippen LogP contribution in [0.25, 0.3) is 5.57 Å². The zero-order valence-corrected chi connectivity index (χ0v) is 8.75. The monoisotopic (exact) mass is 188 g/mol. The fraction of sp³-hybridized carbons (Fsp3) is 0.250. The van der Waals surface area contributed by atoms with Crippen LogP contribution in [0.2, 0.25) is 0 Å². The van der Waals surface area contributed by atoms with E-state index in [2.05, 4.69) is 42.8 Å². The lowest BCUT2D eigenvalue weighted by Gasteiger charge is -1.94. The minimum atomic E-state index is 0.950. The summed E-state index contributed by atoms with van der Waals surface area (Å²) in [4.78, 5) is 0. The Morgan fingerprint density at radius 1 is 1.57 bits per heavy atom. The highest BCUT2D eigenvalue weighted by Crippen LogP contribution is 2.10. The first kappa shape index (κ1) is 10.5. The van der Waals surface area contributed by atoms with Crippen LogP contribution >= 0.6 is 0 Å². The molecule has 0 unspecified atom stereocenters. The zero-order valence-electron chi connectivity index (χ0n) is 8.75. The van der Waals surface area contributed by atoms with Crippen LogP contribution in [0.3, 0.4) is 0 Å². The van der Waals surface area contributed by atoms with E-state index in [9.17, 15) is 0 Å². The first-order chi connectivity index (χ1) is 6.74. The fourth-order valence-electron chi connectivity index (χ4n) is 1.15. The van der Waals surface area contributed by atoms with Crippen LogP contribution in [0.1, 0.15) is 26.0 Å². The molecule has 0 saturated heterocycles. The SMILES string of the molecule is C=C(/C=C\C(C)=C/CC)c1ccn[nH]1. The van der Waals surface area contributed by atoms with Crippen molar-refractivity contribution in [2.45, 2.75) is 20.3 Å². The molecule has 74 valence electrons. The Morgan fingerprint density at radius 3 is 2.93 bits per heavy atom. The van der Waals surface area contributed by atoms with E-state index in [0.29, 0.717) is 0 Å². The van der Waals surface area contributed by atoms with Crippen molar-refractivity contribution in [2.75, 3.05) is 0 Å². The molecule has 0 aromatic carbocycles. The number of aromatic amines is 1. The van der Waals surface area contributed by atoms with E-state index >= 15 is 0 Å². The normalized spacial score (nSPS) is 12.3. The summed E-state index contributed by atoms with van der Waals surface area (Å²) in [6.45, 7) is 8.15. The van der Waals surface area contributed by atoms with E-state index < -0.39 is 0 Å². The van der Waals surface area contributed by atoms with Crippen LogP contribution in [0, 0.1) is 0 Å². The second kappa shape index (κ2) is 5.22. The van der Waals surface area contributed by atoms with Crippen molar-refractivity contribution in [3.05, 3.63) is 48.3 Å². The van der Waals surface area contributed by atoms with Gasteiger partial charge in [-0.2, -0.15) is 5.10 Å². The van der Waals surface area contributed by atoms with Gasteiger partial charge in [-0.25, -0.2) is 0 Å². The Bertz CT molecular complexity index is 342. The summed E-state index contributed by atoms with van der Waals surface area (Å²) in [5.74, 6) is 0. The third-order valence-electron chi connectivity index (χ3n) is 1.92. The van der Waals surface area contributed by atoms with E-state index in [4.69, 9.17) is 0 Å². The maximum absolute atomic E-state index is 3.94. The summed E-state index contributed by atoms with van der Waals surface area (Å²) in [5.41, 5.74) is 3.17. The summed E-state index contributed by atoms with van der Waals surface area (Å²) < 4.78 is 0. The number of rotatable bonds is 4. The Hall–Kier alpha value is -1.57. The lowest BCUT2D eigenvalue weighted by molar-refractivity contribution is 1.08. The molecule has 1 N–H and O–H groups in total. The first-order valence-corrected chi connectivity index (χ1v) is 4.77. The minimum Gasteiger partial charge on any atom is -0.278 e. The predicted molar refractivity (Wildman–Crippen MR) is 60.8 cm³/mol. The van der Waals surface area contributed by atoms with Crippen molar-refractivity contribution in [1.82, 2.24) is 10.2 Å². The Labute approximate surface area is 85.0 Å². The number of nitrogens with zero attached hydrogens (tertiary/aromatic N) is 1. The second-order valence-electron chi connectivity index (χ2n) is 3.19. The van der Waals surface area contributed by atoms with Gasteiger partial charge in [0.2, 0.25) is 0 Å². The molecule has 2 heteroatoms. The maximum Gasteiger partial charge on any atom is 0.0644 e. The summed E-state index contributed by atoms with van der Waals surface area (Å²) in [5, 5.41) is 6.74. The average molecular weight is 188 g/mol. The largest absolute Gasteiger partial charge is 0.278 e. The lowest BCUT2D eigenvalue weighted by atomic mass is 10.1. The molecule has 1 aromatic rings. The van der Waals surface area contributed by atoms with Crippen molar-refractivity contribution in [3.63, 3.8) is 0 Å². The van der Waals surface area contributed by atoms with Crippen LogP contribution in [-0.4, -0.2) is 10.2 Å². The smallest absolute Gasteiger partial charge is 0.0644 e. The van der Waals surface area contributed by atoms with Crippen molar-refractivity contribution in [2.24, 2.45) is 0 Å². The quantitative estimate of drug-likeness (QED) is 0.721. The van der Waals surface area contributed by atoms with Gasteiger partial charge in [0.05, 0.1) is 5.69 Å². The maximum atomic E-state index is 3.94. The number of nitrogens with one attached hydrogen (secondary N) is 1. The molecular weight excluding hydrogens is 172 g/mol. The summed E-state index contributed by atoms with van der Waals surface area (Å²) in [6, 6.07) is 1.91. The number of aromatic nitrogens is 2. The van der Waals surface area contributed by atoms with Gasteiger partial charge in [-0.1, -0.05) is 37.3 Å². The molecule has 0 atom stereocenters. The fourth-order valence-corrected chi connectivity index (χ4v) is 1.15. The molecule has 1 heterocycles. The molecule has 1 rings (SSSR count). The van der Waals surface area contributed by atoms with Crippen molar-refractivity contribution in [3.8, 4) is 0 Å². The third-order valence-corrected chi connectivity index (χ3v) is 1.92. The summed E-state index contributed by atoms with van der Waals surface area (Å²) in [6.07, 6.45) is 9.02. The van der Waals surface area contributed by atoms with Gasteiger partial charge in [0.25, 0.3) is 0 Å². The molecule has 0 spiro atoms. The number of hydrogen-bond acceptors (Lipinski definition) is 1. The molecular formula is C12H16N2. The summed E-state index contributed by atoms with van der Waals surface area (Å²) >= 11 is 0. The molecule has 0 aliphatic rings. The molecule has 0 amide bonds. The van der Waals surface area contributed by atoms with E-state index in [1.807, 2.05) is 12.1 Å². The standard InChI is InChI=1S/C12H16N2/c1-4-5-10(2)6-7-11(3)12-8-9-13-14-12/h5-9H,3-4H2,1-2H3,(H,13,14)/b7-6-,10-5-. The Morgan fingerprint density at radius 2 is 2.36 bits per heavy atom. The topological polar surface area (TPSA) is 28.7 Å². The van der Waals surface area contributed by atoms with Gasteiger partial charge in [0, 0.05) is 6.20 Å². The van der Waals surface area contributed by atoms with E-state index in [-0.39, 0.29) is 0 Å². The molecule has 14 heavy (non-hydrogen) atoms. The van der Waals surface area contributed by atoms with Gasteiger partial charge in [-0.15, -0.1) is 0 Å². The van der Waals surface area contributed by atoms with E-state index in [0.717, 1.165) is 17.7 Å². The van der Waals surface area contributed by atoms with Gasteiger partial charge in [-0.3, -0.25) is 5.10 Å². The van der Waals surface area contributed by atoms with Crippen LogP contribution in [-0.2, 0) is 0 Å². The highest BCUT2D eigenvalue weighted by Gasteiger charge is 1.94. The second-order valence-corrected chi connectivity index (χ2v) is 3.19. The highest BCUT2D eigenvalue weighted by molar-refractivity contribution is 5.69. The van der Waals surface area contributed by atoms with Gasteiger partial charge in [-0.05, 0) is 25.0 Å². The minimum absolute atomic E-state index is 0.950. The van der Waals surface area contributed by atoms with Gasteiger partial charge in [0.15, 0.2) is 0 Å². The third kappa shape index (κ3) is 3.05. The van der Waals surface area contributed by atoms with Crippen molar-refractivity contribution in [1.29, 1.82) is 0 Å². The van der Waals surface area contributed by atoms with Gasteiger partial charge in [0.1, 0.15) is 0 Å². The number of hydrogen-bond donors (Lipinski definition) is 1. The van der Waals surface area contributed by atoms with Crippen LogP contribution < -0.4 is 0 Å². The molecule has 0 bridgehead atoms. The molecule has 0 saturated carbocycles. The van der Waals surface area contributed by atoms with Crippen LogP contribution in [0.15, 0.2) is 42.6 Å². The molecule has 2 nitrogen and oxygen atoms in total. The molecule has 0 fully saturated rings. The van der Waals surface area contributed by atoms with Crippen LogP contribution in [0.4, 0.5) is 0 Å². The molecule has 0 aliphatic heterocycles. The lowest BCUT2D eigenvalue weighted by Crippen LogP contribution is -1.79. The van der Waals surface area contributed by atoms with Gasteiger partial charge < -0.3 is 0 Å². The predicted octanol–water partition coefficient (Wildman–Crippen LogP) is 3.34. The van der Waals surface area contributed by atoms with E-state index in [1.54, 1.807) is 6.20 Å².